The molecule has 0 aliphatic carbocycles. The molecule has 0 fully saturated rings. The van der Waals surface area contributed by atoms with Gasteiger partial charge >= 0.3 is 0 Å². The van der Waals surface area contributed by atoms with Crippen molar-refractivity contribution in [3.05, 3.63) is 448 Å². The molecule has 0 unspecified atom stereocenters. The van der Waals surface area contributed by atoms with Gasteiger partial charge in [0, 0.05) is 106 Å². The molecule has 4 radical (unpaired) electrons. The SMILES string of the molecule is [Ag].[Ag].[Ag].[c-]1c2c(c3ccccc3n2[Si](c2ccccc2)c2ccccc2)n2c3ccccc3n(-c3cccc(-n4[c-]ccc4)n3)c12.[c-]1ccccc1-c1[c-]c(-n2c3ccccc3c3cc4c5ccccc5n(-n5[c-]cc6ccccc65)c4nc32)ccc1.[c-]1ccccc1-c1ccc2c(n1)N(c1[c-]c3c(-c4[c-]cccc4)cccc3cc1)c1ccccc1CC2. The van der Waals surface area contributed by atoms with E-state index in [1.807, 2.05) is 83.6 Å². The van der Waals surface area contributed by atoms with Crippen molar-refractivity contribution in [1.29, 1.82) is 0 Å². The third-order valence-corrected chi connectivity index (χ3v) is 25.9. The van der Waals surface area contributed by atoms with E-state index >= 15 is 0 Å². The van der Waals surface area contributed by atoms with Gasteiger partial charge in [-0.3, -0.25) is 19.2 Å². The summed E-state index contributed by atoms with van der Waals surface area (Å²) >= 11 is 0. The molecule has 0 bridgehead atoms. The fraction of sp³-hybridized carbons (Fsp3) is 0.0183. The van der Waals surface area contributed by atoms with Crippen LogP contribution in [-0.4, -0.2) is 55.6 Å². The summed E-state index contributed by atoms with van der Waals surface area (Å²) in [6, 6.07) is 155. The summed E-state index contributed by atoms with van der Waals surface area (Å²) in [6.07, 6.45) is 10.6. The molecular formula is C109H68Ag3N11Si-8. The van der Waals surface area contributed by atoms with Gasteiger partial charge in [0.1, 0.15) is 17.3 Å². The maximum atomic E-state index is 5.45. The zero-order chi connectivity index (χ0) is 79.9. The Morgan fingerprint density at radius 1 is 0.355 bits per heavy atom. The van der Waals surface area contributed by atoms with Crippen LogP contribution in [0.3, 0.4) is 0 Å². The molecule has 0 spiro atoms. The molecule has 0 saturated heterocycles. The third-order valence-electron chi connectivity index (χ3n) is 23.2. The van der Waals surface area contributed by atoms with E-state index < -0.39 is 8.96 Å². The van der Waals surface area contributed by atoms with Gasteiger partial charge in [0.25, 0.3) is 0 Å². The Hall–Kier alpha value is -13.7. The van der Waals surface area contributed by atoms with Crippen LogP contribution in [0.2, 0.25) is 0 Å². The summed E-state index contributed by atoms with van der Waals surface area (Å²) in [7, 11) is -1.44. The number of para-hydroxylation sites is 7. The zero-order valence-corrected chi connectivity index (χ0v) is 71.6. The third kappa shape index (κ3) is 13.7. The van der Waals surface area contributed by atoms with E-state index in [1.54, 1.807) is 0 Å². The van der Waals surface area contributed by atoms with Crippen LogP contribution in [0.25, 0.3) is 155 Å². The van der Waals surface area contributed by atoms with Gasteiger partial charge < -0.3 is 27.3 Å². The molecule has 0 amide bonds. The topological polar surface area (TPSA) is 75.9 Å². The number of hydrogen-bond acceptors (Lipinski definition) is 4. The van der Waals surface area contributed by atoms with Crippen LogP contribution < -0.4 is 15.3 Å². The van der Waals surface area contributed by atoms with Crippen LogP contribution in [0.4, 0.5) is 17.2 Å². The van der Waals surface area contributed by atoms with E-state index in [0.29, 0.717) is 0 Å². The summed E-state index contributed by atoms with van der Waals surface area (Å²) in [5.41, 5.74) is 23.5. The summed E-state index contributed by atoms with van der Waals surface area (Å²) in [6.45, 7) is 0. The van der Waals surface area contributed by atoms with Crippen LogP contribution >= 0.6 is 0 Å². The number of imidazole rings is 1. The van der Waals surface area contributed by atoms with Crippen molar-refractivity contribution in [2.45, 2.75) is 12.8 Å². The fourth-order valence-corrected chi connectivity index (χ4v) is 20.4. The average Bonchev–Trinajstić information content (AvgIpc) is 1.54. The van der Waals surface area contributed by atoms with Gasteiger partial charge in [0.15, 0.2) is 5.65 Å². The van der Waals surface area contributed by atoms with Crippen molar-refractivity contribution in [2.24, 2.45) is 0 Å². The predicted molar refractivity (Wildman–Crippen MR) is 493 cm³/mol. The molecule has 604 valence electrons. The molecule has 10 aromatic heterocycles. The first-order valence-electron chi connectivity index (χ1n) is 40.6. The molecule has 1 aliphatic heterocycles. The van der Waals surface area contributed by atoms with Crippen LogP contribution in [0.15, 0.2) is 388 Å². The van der Waals surface area contributed by atoms with Crippen LogP contribution in [-0.2, 0) is 80.0 Å². The molecule has 11 heterocycles. The van der Waals surface area contributed by atoms with Gasteiger partial charge in [-0.25, -0.2) is 16.1 Å². The Kier molecular flexibility index (Phi) is 21.4. The van der Waals surface area contributed by atoms with Crippen molar-refractivity contribution in [1.82, 2.24) is 46.6 Å². The summed E-state index contributed by atoms with van der Waals surface area (Å²) in [5, 5.41) is 11.8. The Balaban J connectivity index is 0.000000117. The summed E-state index contributed by atoms with van der Waals surface area (Å²) < 4.78 is 15.6. The number of anilines is 3. The Bertz CT molecular complexity index is 8020. The molecule has 0 atom stereocenters. The van der Waals surface area contributed by atoms with Crippen molar-refractivity contribution < 1.29 is 67.1 Å². The summed E-state index contributed by atoms with van der Waals surface area (Å²) in [5.74, 6) is 2.62. The van der Waals surface area contributed by atoms with E-state index in [9.17, 15) is 0 Å². The van der Waals surface area contributed by atoms with Crippen LogP contribution in [0, 0.1) is 48.8 Å². The quantitative estimate of drug-likeness (QED) is 0.0955. The summed E-state index contributed by atoms with van der Waals surface area (Å²) in [4.78, 5) is 18.1. The van der Waals surface area contributed by atoms with Gasteiger partial charge in [0.05, 0.1) is 27.9 Å². The Morgan fingerprint density at radius 2 is 0.960 bits per heavy atom. The van der Waals surface area contributed by atoms with Gasteiger partial charge in [-0.1, -0.05) is 229 Å². The van der Waals surface area contributed by atoms with E-state index in [1.165, 1.54) is 37.9 Å². The van der Waals surface area contributed by atoms with Crippen LogP contribution in [0.1, 0.15) is 11.1 Å². The minimum absolute atomic E-state index is 0. The van der Waals surface area contributed by atoms with Crippen molar-refractivity contribution in [3.8, 4) is 50.8 Å². The molecule has 0 N–H and O–H groups in total. The molecule has 15 heteroatoms. The molecule has 24 aromatic rings. The normalized spacial score (nSPS) is 11.8. The molecule has 14 aromatic carbocycles. The first kappa shape index (κ1) is 78.8. The second kappa shape index (κ2) is 33.6. The van der Waals surface area contributed by atoms with Gasteiger partial charge in [-0.2, -0.15) is 66.0 Å². The number of rotatable bonds is 11. The van der Waals surface area contributed by atoms with Crippen LogP contribution in [0.5, 0.6) is 0 Å². The monoisotopic (exact) mass is 1880 g/mol. The van der Waals surface area contributed by atoms with Gasteiger partial charge in [-0.05, 0) is 99.9 Å². The number of benzene rings is 14. The van der Waals surface area contributed by atoms with Gasteiger partial charge in [-0.15, -0.1) is 148 Å². The first-order valence-corrected chi connectivity index (χ1v) is 42.1. The minimum Gasteiger partial charge on any atom is -0.436 e. The molecule has 1 aliphatic rings. The second-order valence-electron chi connectivity index (χ2n) is 30.2. The second-order valence-corrected chi connectivity index (χ2v) is 32.5. The largest absolute Gasteiger partial charge is 0.436 e. The molecule has 25 rings (SSSR count). The molecular weight excluding hydrogens is 1810 g/mol. The maximum Gasteiger partial charge on any atom is 0.244 e. The number of pyridine rings is 3. The smallest absolute Gasteiger partial charge is 0.244 e. The van der Waals surface area contributed by atoms with E-state index in [4.69, 9.17) is 15.0 Å². The number of nitrogens with zero attached hydrogens (tertiary/aromatic N) is 11. The number of aryl methyl sites for hydroxylation is 2. The minimum atomic E-state index is -1.44. The fourth-order valence-electron chi connectivity index (χ4n) is 17.8. The van der Waals surface area contributed by atoms with Crippen molar-refractivity contribution >= 4 is 141 Å². The number of hydrogen-bond donors (Lipinski definition) is 0. The molecule has 124 heavy (non-hydrogen) atoms. The molecule has 0 saturated carbocycles. The van der Waals surface area contributed by atoms with Gasteiger partial charge in [0.2, 0.25) is 8.96 Å². The average molecular weight is 1880 g/mol. The Labute approximate surface area is 764 Å². The molecule has 11 nitrogen and oxygen atoms in total. The Morgan fingerprint density at radius 3 is 1.71 bits per heavy atom. The van der Waals surface area contributed by atoms with E-state index in [2.05, 4.69) is 390 Å². The maximum absolute atomic E-state index is 5.45. The van der Waals surface area contributed by atoms with Crippen molar-refractivity contribution in [2.75, 3.05) is 4.90 Å². The van der Waals surface area contributed by atoms with E-state index in [0.717, 1.165) is 169 Å². The van der Waals surface area contributed by atoms with E-state index in [-0.39, 0.29) is 67.1 Å². The first-order chi connectivity index (χ1) is 60.1. The van der Waals surface area contributed by atoms with Crippen molar-refractivity contribution in [3.63, 3.8) is 0 Å². The zero-order valence-electron chi connectivity index (χ0n) is 66.2. The standard InChI is InChI=1S/C37H24N5Si.C37H21N4.C35H23N2.3Ag/c1-3-14-27(15-4-1)43(28-16-5-2-6-17-28)42-30-19-8-7-18-29(30)37-33(42)26-36-40(31-20-9-10-21-32(31)41(36)37)35-23-13-22-34(38-35)39-24-11-12-25-39;1-2-11-25(12-3-1)27-14-10-15-28(23-27)40-34-19-8-5-16-29(34)31-24-32-30-17-6-9-20-35(30)41(37(32)38-36(31)40)39-22-21-26-13-4-7-18-33(26)39;1-3-10-25(11-4-1)31-16-9-15-26-20-22-30(24-32(26)31)37-34-17-8-7-14-28(34)18-19-29-21-23-33(36-35(29)37)27-12-5-2-6-13-27;;;/h1-24H;1-11,13-21,24H;1-10,12,14-17,20-23H,18-19H2;;;/q-2;2*-3;;;. The number of aromatic nitrogens is 10. The number of fused-ring (bicyclic) bond motifs is 17. The predicted octanol–water partition coefficient (Wildman–Crippen LogP) is 23.6.